The molecule has 0 radical (unpaired) electrons. The molecule has 4 aliphatic rings. The van der Waals surface area contributed by atoms with Crippen LogP contribution >= 0.6 is 0 Å². The van der Waals surface area contributed by atoms with Gasteiger partial charge in [-0.3, -0.25) is 9.69 Å². The molecule has 146 valence electrons. The van der Waals surface area contributed by atoms with Crippen LogP contribution in [0, 0.1) is 5.92 Å². The number of carbonyl (C=O) groups excluding carboxylic acids is 1. The molecule has 5 heterocycles. The Kier molecular flexibility index (Phi) is 4.23. The normalized spacial score (nSPS) is 30.9. The lowest BCUT2D eigenvalue weighted by Crippen LogP contribution is -2.60. The van der Waals surface area contributed by atoms with E-state index in [9.17, 15) is 9.90 Å². The van der Waals surface area contributed by atoms with Gasteiger partial charge < -0.3 is 14.7 Å². The molecule has 28 heavy (non-hydrogen) atoms. The number of fused-ring (bicyclic) bond motifs is 2. The molecule has 0 unspecified atom stereocenters. The number of hydrogen-bond donors (Lipinski definition) is 1. The van der Waals surface area contributed by atoms with Crippen LogP contribution in [0.5, 0.6) is 11.5 Å². The average molecular weight is 379 g/mol. The van der Waals surface area contributed by atoms with E-state index in [2.05, 4.69) is 22.0 Å². The maximum Gasteiger partial charge on any atom is 0.276 e. The number of carbonyl (C=O) groups is 1. The molecule has 1 aromatic heterocycles. The van der Waals surface area contributed by atoms with Gasteiger partial charge >= 0.3 is 0 Å². The number of nitrogens with zero attached hydrogens (tertiary/aromatic N) is 3. The number of aromatic hydroxyl groups is 1. The lowest BCUT2D eigenvalue weighted by molar-refractivity contribution is -0.00367. The third-order valence-electron chi connectivity index (χ3n) is 6.77. The molecule has 6 nitrogen and oxygen atoms in total. The van der Waals surface area contributed by atoms with E-state index in [0.717, 1.165) is 31.7 Å². The number of amides is 1. The van der Waals surface area contributed by atoms with Crippen LogP contribution in [0.3, 0.4) is 0 Å². The third kappa shape index (κ3) is 2.66. The zero-order valence-corrected chi connectivity index (χ0v) is 16.0. The van der Waals surface area contributed by atoms with Crippen molar-refractivity contribution in [3.8, 4) is 11.5 Å². The Labute approximate surface area is 164 Å². The predicted molar refractivity (Wildman–Crippen MR) is 105 cm³/mol. The van der Waals surface area contributed by atoms with Gasteiger partial charge in [0.05, 0.1) is 13.2 Å². The molecule has 0 aliphatic carbocycles. The maximum absolute atomic E-state index is 13.4. The van der Waals surface area contributed by atoms with Crippen LogP contribution in [-0.2, 0) is 0 Å². The van der Waals surface area contributed by atoms with Crippen molar-refractivity contribution in [2.45, 2.75) is 30.8 Å². The zero-order chi connectivity index (χ0) is 19.3. The molecule has 1 amide bonds. The number of methoxy groups -OCH3 is 1. The van der Waals surface area contributed by atoms with Crippen molar-refractivity contribution in [2.75, 3.05) is 26.7 Å². The minimum atomic E-state index is -0.160. The van der Waals surface area contributed by atoms with E-state index in [0.29, 0.717) is 18.5 Å². The summed E-state index contributed by atoms with van der Waals surface area (Å²) in [6.07, 6.45) is 3.82. The molecule has 1 N–H and O–H groups in total. The first kappa shape index (κ1) is 17.5. The van der Waals surface area contributed by atoms with Crippen LogP contribution in [0.2, 0.25) is 0 Å². The monoisotopic (exact) mass is 379 g/mol. The van der Waals surface area contributed by atoms with Gasteiger partial charge in [0.2, 0.25) is 0 Å². The fourth-order valence-corrected chi connectivity index (χ4v) is 5.52. The van der Waals surface area contributed by atoms with E-state index in [1.807, 2.05) is 17.0 Å². The summed E-state index contributed by atoms with van der Waals surface area (Å²) < 4.78 is 5.43. The van der Waals surface area contributed by atoms with Gasteiger partial charge in [-0.2, -0.15) is 0 Å². The summed E-state index contributed by atoms with van der Waals surface area (Å²) in [7, 11) is 1.68. The molecule has 6 heteroatoms. The topological polar surface area (TPSA) is 65.9 Å². The second kappa shape index (κ2) is 6.78. The number of hydrogen-bond acceptors (Lipinski definition) is 5. The smallest absolute Gasteiger partial charge is 0.276 e. The second-order valence-electron chi connectivity index (χ2n) is 8.07. The van der Waals surface area contributed by atoms with Crippen molar-refractivity contribution < 1.29 is 14.6 Å². The summed E-state index contributed by atoms with van der Waals surface area (Å²) in [5, 5.41) is 10.2. The summed E-state index contributed by atoms with van der Waals surface area (Å²) in [6, 6.07) is 11.9. The Morgan fingerprint density at radius 1 is 1.18 bits per heavy atom. The van der Waals surface area contributed by atoms with Crippen LogP contribution < -0.4 is 4.74 Å². The molecule has 4 saturated heterocycles. The number of pyridine rings is 1. The minimum Gasteiger partial charge on any atom is -0.505 e. The number of ether oxygens (including phenoxy) is 1. The Bertz CT molecular complexity index is 894. The standard InChI is InChI=1S/C22H25N3O3/c1-28-16-5-2-4-15(12-16)17-13-25(22(27)19-18(26)6-3-9-23-19)20-14-7-10-24(11-8-14)21(17)20/h2-6,9,12,14,17,20-21,26H,7-8,10-11,13H2,1H3/t17-,20+,21+/m0/s1. The number of benzene rings is 1. The SMILES string of the molecule is COc1cccc([C@@H]2CN(C(=O)c3ncccc3O)[C@@H]3C4CCN(CC4)[C@@H]32)c1. The molecule has 0 spiro atoms. The van der Waals surface area contributed by atoms with Crippen LogP contribution in [0.1, 0.15) is 34.8 Å². The highest BCUT2D eigenvalue weighted by Gasteiger charge is 2.55. The molecule has 3 atom stereocenters. The first-order valence-corrected chi connectivity index (χ1v) is 10.0. The second-order valence-corrected chi connectivity index (χ2v) is 8.07. The highest BCUT2D eigenvalue weighted by Crippen LogP contribution is 2.47. The summed E-state index contributed by atoms with van der Waals surface area (Å²) >= 11 is 0. The van der Waals surface area contributed by atoms with Gasteiger partial charge in [-0.25, -0.2) is 4.98 Å². The van der Waals surface area contributed by atoms with E-state index >= 15 is 0 Å². The van der Waals surface area contributed by atoms with Gasteiger partial charge in [-0.1, -0.05) is 12.1 Å². The molecule has 6 rings (SSSR count). The number of likely N-dealkylation sites (tertiary alicyclic amines) is 1. The quantitative estimate of drug-likeness (QED) is 0.888. The Morgan fingerprint density at radius 2 is 2.00 bits per heavy atom. The van der Waals surface area contributed by atoms with Crippen LogP contribution in [0.15, 0.2) is 42.6 Å². The average Bonchev–Trinajstić information content (AvgIpc) is 3.17. The van der Waals surface area contributed by atoms with E-state index < -0.39 is 0 Å². The first-order chi connectivity index (χ1) is 13.7. The molecule has 4 aliphatic heterocycles. The Morgan fingerprint density at radius 3 is 2.75 bits per heavy atom. The van der Waals surface area contributed by atoms with Gasteiger partial charge in [0, 0.05) is 24.7 Å². The molecular weight excluding hydrogens is 354 g/mol. The fraction of sp³-hybridized carbons (Fsp3) is 0.455. The molecule has 2 bridgehead atoms. The number of rotatable bonds is 3. The van der Waals surface area contributed by atoms with Gasteiger partial charge in [-0.15, -0.1) is 0 Å². The van der Waals surface area contributed by atoms with E-state index in [1.165, 1.54) is 11.6 Å². The maximum atomic E-state index is 13.4. The zero-order valence-electron chi connectivity index (χ0n) is 16.0. The molecule has 1 aromatic carbocycles. The van der Waals surface area contributed by atoms with Gasteiger partial charge in [0.15, 0.2) is 5.69 Å². The fourth-order valence-electron chi connectivity index (χ4n) is 5.52. The predicted octanol–water partition coefficient (Wildman–Crippen LogP) is 2.50. The van der Waals surface area contributed by atoms with E-state index in [4.69, 9.17) is 4.74 Å². The lowest BCUT2D eigenvalue weighted by Gasteiger charge is -2.51. The first-order valence-electron chi connectivity index (χ1n) is 10.0. The summed E-state index contributed by atoms with van der Waals surface area (Å²) in [5.41, 5.74) is 1.37. The molecule has 0 saturated carbocycles. The number of piperidine rings is 3. The van der Waals surface area contributed by atoms with Gasteiger partial charge in [0.25, 0.3) is 5.91 Å². The highest BCUT2D eigenvalue weighted by atomic mass is 16.5. The lowest BCUT2D eigenvalue weighted by atomic mass is 9.75. The minimum absolute atomic E-state index is 0.0462. The highest BCUT2D eigenvalue weighted by molar-refractivity contribution is 5.95. The van der Waals surface area contributed by atoms with Crippen molar-refractivity contribution >= 4 is 5.91 Å². The van der Waals surface area contributed by atoms with Crippen molar-refractivity contribution in [2.24, 2.45) is 5.92 Å². The largest absolute Gasteiger partial charge is 0.505 e. The van der Waals surface area contributed by atoms with Gasteiger partial charge in [-0.05, 0) is 61.7 Å². The van der Waals surface area contributed by atoms with Crippen molar-refractivity contribution in [3.63, 3.8) is 0 Å². The van der Waals surface area contributed by atoms with Crippen molar-refractivity contribution in [3.05, 3.63) is 53.9 Å². The van der Waals surface area contributed by atoms with Crippen molar-refractivity contribution in [1.29, 1.82) is 0 Å². The molecule has 2 aromatic rings. The van der Waals surface area contributed by atoms with Crippen LogP contribution in [-0.4, -0.2) is 64.6 Å². The Balaban J connectivity index is 1.54. The van der Waals surface area contributed by atoms with Crippen molar-refractivity contribution in [1.82, 2.24) is 14.8 Å². The molecular formula is C22H25N3O3. The van der Waals surface area contributed by atoms with E-state index in [-0.39, 0.29) is 29.3 Å². The summed E-state index contributed by atoms with van der Waals surface area (Å²) in [6.45, 7) is 2.84. The summed E-state index contributed by atoms with van der Waals surface area (Å²) in [5.74, 6) is 1.39. The number of aromatic nitrogens is 1. The van der Waals surface area contributed by atoms with Crippen LogP contribution in [0.4, 0.5) is 0 Å². The Hall–Kier alpha value is -2.60. The third-order valence-corrected chi connectivity index (χ3v) is 6.77. The summed E-state index contributed by atoms with van der Waals surface area (Å²) in [4.78, 5) is 22.1. The van der Waals surface area contributed by atoms with E-state index in [1.54, 1.807) is 19.4 Å². The van der Waals surface area contributed by atoms with Gasteiger partial charge in [0.1, 0.15) is 11.5 Å². The van der Waals surface area contributed by atoms with Crippen LogP contribution in [0.25, 0.3) is 0 Å². The molecule has 4 fully saturated rings.